The molecule has 0 radical (unpaired) electrons. The molecule has 2 rings (SSSR count). The summed E-state index contributed by atoms with van der Waals surface area (Å²) in [7, 11) is 0. The molecule has 15 heavy (non-hydrogen) atoms. The van der Waals surface area contributed by atoms with Gasteiger partial charge in [-0.2, -0.15) is 10.2 Å². The lowest BCUT2D eigenvalue weighted by Gasteiger charge is -2.08. The van der Waals surface area contributed by atoms with Gasteiger partial charge in [0.05, 0.1) is 11.4 Å². The number of rotatable bonds is 3. The third-order valence-corrected chi connectivity index (χ3v) is 2.13. The number of nitrogen functional groups attached to an aromatic ring is 1. The summed E-state index contributed by atoms with van der Waals surface area (Å²) in [5.74, 6) is 1.06. The highest BCUT2D eigenvalue weighted by molar-refractivity contribution is 5.57. The van der Waals surface area contributed by atoms with Crippen molar-refractivity contribution in [3.05, 3.63) is 18.3 Å². The first-order valence-electron chi connectivity index (χ1n) is 5.00. The molecular weight excluding hydrogens is 190 g/mol. The van der Waals surface area contributed by atoms with E-state index in [9.17, 15) is 0 Å². The molecule has 0 aliphatic carbocycles. The summed E-state index contributed by atoms with van der Waals surface area (Å²) < 4.78 is 1.96. The van der Waals surface area contributed by atoms with Gasteiger partial charge in [0.1, 0.15) is 5.82 Å². The fraction of sp³-hybridized carbons (Fsp3) is 0.400. The first-order chi connectivity index (χ1) is 7.16. The Bertz CT molecular complexity index is 440. The molecule has 5 nitrogen and oxygen atoms in total. The molecule has 0 aliphatic heterocycles. The standard InChI is InChI=1S/C10H15N5/c1-7(2)6-15-9(3-4-12-15)8-5-10(11)14-13-8/h3-5,7H,6H2,1-2H3,(H3,11,13,14). The highest BCUT2D eigenvalue weighted by Crippen LogP contribution is 2.18. The van der Waals surface area contributed by atoms with Gasteiger partial charge in [0.25, 0.3) is 0 Å². The van der Waals surface area contributed by atoms with E-state index in [1.165, 1.54) is 0 Å². The molecule has 0 bridgehead atoms. The minimum atomic E-state index is 0.502. The molecule has 80 valence electrons. The van der Waals surface area contributed by atoms with Crippen LogP contribution in [0.25, 0.3) is 11.4 Å². The summed E-state index contributed by atoms with van der Waals surface area (Å²) in [6.07, 6.45) is 1.79. The van der Waals surface area contributed by atoms with E-state index in [2.05, 4.69) is 29.1 Å². The van der Waals surface area contributed by atoms with Crippen LogP contribution in [0.5, 0.6) is 0 Å². The SMILES string of the molecule is CC(C)Cn1nccc1-c1cc(N)n[nH]1. The zero-order valence-corrected chi connectivity index (χ0v) is 8.94. The third kappa shape index (κ3) is 2.01. The zero-order chi connectivity index (χ0) is 10.8. The number of aromatic amines is 1. The number of nitrogens with zero attached hydrogens (tertiary/aromatic N) is 3. The minimum absolute atomic E-state index is 0.502. The zero-order valence-electron chi connectivity index (χ0n) is 8.94. The second kappa shape index (κ2) is 3.76. The van der Waals surface area contributed by atoms with Crippen molar-refractivity contribution in [3.63, 3.8) is 0 Å². The van der Waals surface area contributed by atoms with E-state index in [1.54, 1.807) is 6.20 Å². The fourth-order valence-corrected chi connectivity index (χ4v) is 1.52. The third-order valence-electron chi connectivity index (χ3n) is 2.13. The monoisotopic (exact) mass is 205 g/mol. The molecular formula is C10H15N5. The van der Waals surface area contributed by atoms with Crippen LogP contribution in [0.1, 0.15) is 13.8 Å². The molecule has 0 fully saturated rings. The summed E-state index contributed by atoms with van der Waals surface area (Å²) in [5, 5.41) is 11.1. The maximum absolute atomic E-state index is 5.56. The lowest BCUT2D eigenvalue weighted by atomic mass is 10.2. The van der Waals surface area contributed by atoms with Crippen LogP contribution in [0.2, 0.25) is 0 Å². The van der Waals surface area contributed by atoms with Gasteiger partial charge in [0, 0.05) is 18.8 Å². The Morgan fingerprint density at radius 3 is 2.93 bits per heavy atom. The fourth-order valence-electron chi connectivity index (χ4n) is 1.52. The van der Waals surface area contributed by atoms with Gasteiger partial charge in [0.15, 0.2) is 0 Å². The van der Waals surface area contributed by atoms with Crippen LogP contribution in [0.15, 0.2) is 18.3 Å². The Balaban J connectivity index is 2.32. The van der Waals surface area contributed by atoms with Crippen LogP contribution in [0.4, 0.5) is 5.82 Å². The Hall–Kier alpha value is -1.78. The Labute approximate surface area is 88.3 Å². The molecule has 0 amide bonds. The molecule has 5 heteroatoms. The van der Waals surface area contributed by atoms with Gasteiger partial charge in [0.2, 0.25) is 0 Å². The summed E-state index contributed by atoms with van der Waals surface area (Å²) in [4.78, 5) is 0. The van der Waals surface area contributed by atoms with Gasteiger partial charge < -0.3 is 5.73 Å². The highest BCUT2D eigenvalue weighted by Gasteiger charge is 2.08. The highest BCUT2D eigenvalue weighted by atomic mass is 15.3. The molecule has 0 aromatic carbocycles. The average Bonchev–Trinajstić information content (AvgIpc) is 2.72. The molecule has 2 aromatic heterocycles. The van der Waals surface area contributed by atoms with Crippen molar-refractivity contribution in [1.82, 2.24) is 20.0 Å². The van der Waals surface area contributed by atoms with E-state index in [-0.39, 0.29) is 0 Å². The first kappa shape index (κ1) is 9.76. The van der Waals surface area contributed by atoms with Gasteiger partial charge in [-0.05, 0) is 12.0 Å². The minimum Gasteiger partial charge on any atom is -0.382 e. The average molecular weight is 205 g/mol. The lowest BCUT2D eigenvalue weighted by molar-refractivity contribution is 0.487. The topological polar surface area (TPSA) is 72.5 Å². The molecule has 0 unspecified atom stereocenters. The van der Waals surface area contributed by atoms with Crippen molar-refractivity contribution >= 4 is 5.82 Å². The largest absolute Gasteiger partial charge is 0.382 e. The Kier molecular flexibility index (Phi) is 2.45. The number of hydrogen-bond donors (Lipinski definition) is 2. The maximum atomic E-state index is 5.56. The Morgan fingerprint density at radius 1 is 1.53 bits per heavy atom. The van der Waals surface area contributed by atoms with E-state index in [4.69, 9.17) is 5.73 Å². The van der Waals surface area contributed by atoms with Crippen LogP contribution in [-0.2, 0) is 6.54 Å². The second-order valence-corrected chi connectivity index (χ2v) is 4.00. The smallest absolute Gasteiger partial charge is 0.145 e. The van der Waals surface area contributed by atoms with E-state index in [0.717, 1.165) is 17.9 Å². The molecule has 0 saturated heterocycles. The first-order valence-corrected chi connectivity index (χ1v) is 5.00. The quantitative estimate of drug-likeness (QED) is 0.797. The summed E-state index contributed by atoms with van der Waals surface area (Å²) >= 11 is 0. The molecule has 0 atom stereocenters. The molecule has 0 aliphatic rings. The normalized spacial score (nSPS) is 11.1. The van der Waals surface area contributed by atoms with Gasteiger partial charge >= 0.3 is 0 Å². The van der Waals surface area contributed by atoms with Crippen LogP contribution in [0, 0.1) is 5.92 Å². The van der Waals surface area contributed by atoms with Gasteiger partial charge in [-0.25, -0.2) is 0 Å². The van der Waals surface area contributed by atoms with Crippen molar-refractivity contribution in [3.8, 4) is 11.4 Å². The summed E-state index contributed by atoms with van der Waals surface area (Å²) in [6.45, 7) is 5.21. The van der Waals surface area contributed by atoms with Crippen LogP contribution >= 0.6 is 0 Å². The summed E-state index contributed by atoms with van der Waals surface area (Å²) in [6, 6.07) is 3.77. The number of anilines is 1. The van der Waals surface area contributed by atoms with Gasteiger partial charge in [-0.1, -0.05) is 13.8 Å². The van der Waals surface area contributed by atoms with Crippen molar-refractivity contribution < 1.29 is 0 Å². The van der Waals surface area contributed by atoms with Crippen molar-refractivity contribution in [2.45, 2.75) is 20.4 Å². The van der Waals surface area contributed by atoms with Crippen LogP contribution < -0.4 is 5.73 Å². The lowest BCUT2D eigenvalue weighted by Crippen LogP contribution is -2.07. The molecule has 2 heterocycles. The molecule has 0 saturated carbocycles. The van der Waals surface area contributed by atoms with E-state index in [0.29, 0.717) is 11.7 Å². The number of nitrogens with one attached hydrogen (secondary N) is 1. The number of aromatic nitrogens is 4. The number of H-pyrrole nitrogens is 1. The predicted octanol–water partition coefficient (Wildman–Crippen LogP) is 1.51. The van der Waals surface area contributed by atoms with Crippen molar-refractivity contribution in [2.24, 2.45) is 5.92 Å². The Morgan fingerprint density at radius 2 is 2.33 bits per heavy atom. The van der Waals surface area contributed by atoms with Gasteiger partial charge in [-0.3, -0.25) is 9.78 Å². The van der Waals surface area contributed by atoms with Crippen LogP contribution in [-0.4, -0.2) is 20.0 Å². The van der Waals surface area contributed by atoms with Crippen LogP contribution in [0.3, 0.4) is 0 Å². The molecule has 0 spiro atoms. The van der Waals surface area contributed by atoms with Gasteiger partial charge in [-0.15, -0.1) is 0 Å². The summed E-state index contributed by atoms with van der Waals surface area (Å²) in [5.41, 5.74) is 7.49. The van der Waals surface area contributed by atoms with Crippen molar-refractivity contribution in [1.29, 1.82) is 0 Å². The molecule has 2 aromatic rings. The molecule has 3 N–H and O–H groups in total. The maximum Gasteiger partial charge on any atom is 0.145 e. The van der Waals surface area contributed by atoms with E-state index >= 15 is 0 Å². The van der Waals surface area contributed by atoms with E-state index in [1.807, 2.05) is 16.8 Å². The van der Waals surface area contributed by atoms with Crippen molar-refractivity contribution in [2.75, 3.05) is 5.73 Å². The second-order valence-electron chi connectivity index (χ2n) is 4.00. The number of hydrogen-bond acceptors (Lipinski definition) is 3. The predicted molar refractivity (Wildman–Crippen MR) is 59.1 cm³/mol. The number of nitrogens with two attached hydrogens (primary N) is 1. The van der Waals surface area contributed by atoms with E-state index < -0.39 is 0 Å².